The zero-order valence-corrected chi connectivity index (χ0v) is 18.6. The smallest absolute Gasteiger partial charge is 0.243 e. The van der Waals surface area contributed by atoms with Crippen LogP contribution in [0.2, 0.25) is 0 Å². The largest absolute Gasteiger partial charge is 0.459 e. The van der Waals surface area contributed by atoms with Crippen LogP contribution in [0.5, 0.6) is 0 Å². The van der Waals surface area contributed by atoms with Gasteiger partial charge in [-0.1, -0.05) is 66.2 Å². The molecule has 0 radical (unpaired) electrons. The van der Waals surface area contributed by atoms with E-state index in [1.165, 1.54) is 4.31 Å². The first kappa shape index (κ1) is 21.7. The number of aliphatic imine (C=N–C) groups is 1. The zero-order valence-electron chi connectivity index (χ0n) is 17.8. The maximum Gasteiger partial charge on any atom is 0.243 e. The molecule has 0 fully saturated rings. The van der Waals surface area contributed by atoms with Gasteiger partial charge in [-0.3, -0.25) is 4.99 Å². The van der Waals surface area contributed by atoms with Crippen LogP contribution in [-0.2, 0) is 23.1 Å². The van der Waals surface area contributed by atoms with Crippen LogP contribution in [0.3, 0.4) is 0 Å². The van der Waals surface area contributed by atoms with Crippen LogP contribution in [0.1, 0.15) is 22.6 Å². The predicted molar refractivity (Wildman–Crippen MR) is 126 cm³/mol. The van der Waals surface area contributed by atoms with Crippen LogP contribution in [-0.4, -0.2) is 18.9 Å². The summed E-state index contributed by atoms with van der Waals surface area (Å²) in [7, 11) is -3.72. The van der Waals surface area contributed by atoms with E-state index in [2.05, 4.69) is 4.99 Å². The molecule has 0 amide bonds. The van der Waals surface area contributed by atoms with E-state index >= 15 is 0 Å². The summed E-state index contributed by atoms with van der Waals surface area (Å²) in [4.78, 5) is 4.65. The van der Waals surface area contributed by atoms with Crippen LogP contribution >= 0.6 is 0 Å². The van der Waals surface area contributed by atoms with Crippen molar-refractivity contribution >= 4 is 21.9 Å². The molecule has 5 nitrogen and oxygen atoms in total. The van der Waals surface area contributed by atoms with Crippen LogP contribution in [0.25, 0.3) is 0 Å². The monoisotopic (exact) mass is 444 g/mol. The number of benzene rings is 3. The number of furan rings is 1. The number of nitrogens with zero attached hydrogens (tertiary/aromatic N) is 2. The maximum atomic E-state index is 13.4. The van der Waals surface area contributed by atoms with Gasteiger partial charge in [0.2, 0.25) is 10.0 Å². The first-order valence-electron chi connectivity index (χ1n) is 10.3. The Hall–Kier alpha value is -3.48. The molecule has 0 N–H and O–H groups in total. The average Bonchev–Trinajstić information content (AvgIpc) is 3.26. The van der Waals surface area contributed by atoms with Gasteiger partial charge < -0.3 is 4.42 Å². The third-order valence-corrected chi connectivity index (χ3v) is 6.78. The van der Waals surface area contributed by atoms with Crippen molar-refractivity contribution in [3.8, 4) is 0 Å². The number of sulfonamides is 1. The summed E-state index contributed by atoms with van der Waals surface area (Å²) < 4.78 is 34.2. The SMILES string of the molecule is Cc1ccc(S(=O)(=O)N(Cc2ccccc2)Cc2ccc(C=Nc3ccccc3)o2)cc1. The molecule has 32 heavy (non-hydrogen) atoms. The molecule has 0 aliphatic rings. The molecule has 4 rings (SSSR count). The molecule has 6 heteroatoms. The van der Waals surface area contributed by atoms with Crippen molar-refractivity contribution in [2.75, 3.05) is 0 Å². The summed E-state index contributed by atoms with van der Waals surface area (Å²) in [5.41, 5.74) is 2.73. The number of aryl methyl sites for hydroxylation is 1. The third-order valence-electron chi connectivity index (χ3n) is 4.97. The summed E-state index contributed by atoms with van der Waals surface area (Å²) >= 11 is 0. The molecule has 0 atom stereocenters. The number of para-hydroxylation sites is 1. The summed E-state index contributed by atoms with van der Waals surface area (Å²) in [5, 5.41) is 0. The highest BCUT2D eigenvalue weighted by atomic mass is 32.2. The highest BCUT2D eigenvalue weighted by Crippen LogP contribution is 2.22. The van der Waals surface area contributed by atoms with Gasteiger partial charge in [0.15, 0.2) is 0 Å². The lowest BCUT2D eigenvalue weighted by atomic mass is 10.2. The van der Waals surface area contributed by atoms with E-state index in [-0.39, 0.29) is 18.0 Å². The van der Waals surface area contributed by atoms with Gasteiger partial charge in [-0.2, -0.15) is 4.31 Å². The number of hydrogen-bond donors (Lipinski definition) is 0. The fourth-order valence-electron chi connectivity index (χ4n) is 3.25. The van der Waals surface area contributed by atoms with Gasteiger partial charge >= 0.3 is 0 Å². The third kappa shape index (κ3) is 5.41. The van der Waals surface area contributed by atoms with Crippen LogP contribution in [0.4, 0.5) is 5.69 Å². The van der Waals surface area contributed by atoms with Crippen LogP contribution < -0.4 is 0 Å². The Morgan fingerprint density at radius 2 is 1.47 bits per heavy atom. The molecule has 0 unspecified atom stereocenters. The first-order chi connectivity index (χ1) is 15.5. The molecular weight excluding hydrogens is 420 g/mol. The standard InChI is InChI=1S/C26H24N2O3S/c1-21-12-16-26(17-13-21)32(29,30)28(19-22-8-4-2-5-9-22)20-25-15-14-24(31-25)18-27-23-10-6-3-7-11-23/h2-18H,19-20H2,1H3. The van der Waals surface area contributed by atoms with Crippen molar-refractivity contribution in [2.45, 2.75) is 24.9 Å². The molecule has 0 aliphatic heterocycles. The molecule has 0 saturated carbocycles. The Bertz CT molecular complexity index is 1280. The molecule has 162 valence electrons. The Kier molecular flexibility index (Phi) is 6.63. The first-order valence-corrected chi connectivity index (χ1v) is 11.7. The van der Waals surface area contributed by atoms with Gasteiger partial charge in [0.25, 0.3) is 0 Å². The predicted octanol–water partition coefficient (Wildman–Crippen LogP) is 5.73. The van der Waals surface area contributed by atoms with E-state index in [1.54, 1.807) is 42.6 Å². The summed E-state index contributed by atoms with van der Waals surface area (Å²) in [5.74, 6) is 1.11. The van der Waals surface area contributed by atoms with E-state index in [9.17, 15) is 8.42 Å². The lowest BCUT2D eigenvalue weighted by Crippen LogP contribution is -2.30. The minimum Gasteiger partial charge on any atom is -0.459 e. The number of rotatable bonds is 8. The molecule has 0 spiro atoms. The molecule has 1 aromatic heterocycles. The van der Waals surface area contributed by atoms with Crippen molar-refractivity contribution in [3.63, 3.8) is 0 Å². The average molecular weight is 445 g/mol. The normalized spacial score (nSPS) is 11.9. The molecule has 0 saturated heterocycles. The molecule has 0 bridgehead atoms. The van der Waals surface area contributed by atoms with Gasteiger partial charge in [-0.15, -0.1) is 0 Å². The lowest BCUT2D eigenvalue weighted by molar-refractivity contribution is 0.357. The van der Waals surface area contributed by atoms with E-state index in [1.807, 2.05) is 67.6 Å². The second-order valence-electron chi connectivity index (χ2n) is 7.47. The number of hydrogen-bond acceptors (Lipinski definition) is 4. The van der Waals surface area contributed by atoms with Gasteiger partial charge in [-0.05, 0) is 48.9 Å². The Labute approximate surface area is 188 Å². The van der Waals surface area contributed by atoms with E-state index < -0.39 is 10.0 Å². The van der Waals surface area contributed by atoms with Gasteiger partial charge in [0.05, 0.1) is 23.3 Å². The van der Waals surface area contributed by atoms with Crippen molar-refractivity contribution in [3.05, 3.63) is 120 Å². The highest BCUT2D eigenvalue weighted by molar-refractivity contribution is 7.89. The van der Waals surface area contributed by atoms with E-state index in [4.69, 9.17) is 4.42 Å². The topological polar surface area (TPSA) is 62.9 Å². The summed E-state index contributed by atoms with van der Waals surface area (Å²) in [6, 6.07) is 29.6. The van der Waals surface area contributed by atoms with Crippen LogP contribution in [0, 0.1) is 6.92 Å². The van der Waals surface area contributed by atoms with Crippen molar-refractivity contribution in [2.24, 2.45) is 4.99 Å². The minimum absolute atomic E-state index is 0.115. The fourth-order valence-corrected chi connectivity index (χ4v) is 4.64. The maximum absolute atomic E-state index is 13.4. The Morgan fingerprint density at radius 3 is 2.16 bits per heavy atom. The zero-order chi connectivity index (χ0) is 22.4. The molecular formula is C26H24N2O3S. The summed E-state index contributed by atoms with van der Waals surface area (Å²) in [6.45, 7) is 2.29. The fraction of sp³-hybridized carbons (Fsp3) is 0.115. The quantitative estimate of drug-likeness (QED) is 0.326. The molecule has 0 aliphatic carbocycles. The Morgan fingerprint density at radius 1 is 0.812 bits per heavy atom. The van der Waals surface area contributed by atoms with Gasteiger partial charge in [0.1, 0.15) is 11.5 Å². The Balaban J connectivity index is 1.59. The summed E-state index contributed by atoms with van der Waals surface area (Å²) in [6.07, 6.45) is 1.63. The van der Waals surface area contributed by atoms with Crippen molar-refractivity contribution < 1.29 is 12.8 Å². The molecule has 4 aromatic rings. The van der Waals surface area contributed by atoms with Gasteiger partial charge in [0, 0.05) is 6.54 Å². The van der Waals surface area contributed by atoms with Gasteiger partial charge in [-0.25, -0.2) is 8.42 Å². The molecule has 3 aromatic carbocycles. The van der Waals surface area contributed by atoms with Crippen LogP contribution in [0.15, 0.2) is 111 Å². The second kappa shape index (κ2) is 9.77. The van der Waals surface area contributed by atoms with E-state index in [0.717, 1.165) is 16.8 Å². The molecule has 1 heterocycles. The lowest BCUT2D eigenvalue weighted by Gasteiger charge is -2.21. The van der Waals surface area contributed by atoms with E-state index in [0.29, 0.717) is 11.5 Å². The van der Waals surface area contributed by atoms with Crippen molar-refractivity contribution in [1.29, 1.82) is 0 Å². The highest BCUT2D eigenvalue weighted by Gasteiger charge is 2.26. The minimum atomic E-state index is -3.72. The second-order valence-corrected chi connectivity index (χ2v) is 9.41. The van der Waals surface area contributed by atoms with Crippen molar-refractivity contribution in [1.82, 2.24) is 4.31 Å².